The van der Waals surface area contributed by atoms with Crippen LogP contribution in [0.1, 0.15) is 28.5 Å². The molecule has 0 bridgehead atoms. The first-order chi connectivity index (χ1) is 13.4. The number of esters is 1. The third kappa shape index (κ3) is 4.09. The van der Waals surface area contributed by atoms with Gasteiger partial charge in [-0.1, -0.05) is 18.2 Å². The van der Waals surface area contributed by atoms with Gasteiger partial charge in [-0.05, 0) is 25.5 Å². The molecule has 1 aromatic heterocycles. The predicted octanol–water partition coefficient (Wildman–Crippen LogP) is 2.52. The Hall–Kier alpha value is -2.67. The number of para-hydroxylation sites is 1. The lowest BCUT2D eigenvalue weighted by molar-refractivity contribution is 0.0521. The van der Waals surface area contributed by atoms with E-state index in [9.17, 15) is 9.59 Å². The van der Waals surface area contributed by atoms with E-state index in [1.807, 2.05) is 43.0 Å². The van der Waals surface area contributed by atoms with Gasteiger partial charge in [0.2, 0.25) is 0 Å². The number of rotatable bonds is 4. The lowest BCUT2D eigenvalue weighted by Gasteiger charge is -2.36. The summed E-state index contributed by atoms with van der Waals surface area (Å²) < 4.78 is 5.31. The van der Waals surface area contributed by atoms with Crippen molar-refractivity contribution in [1.82, 2.24) is 19.7 Å². The fraction of sp³-hybridized carbons (Fsp3) is 0.476. The second kappa shape index (κ2) is 8.56. The van der Waals surface area contributed by atoms with Crippen LogP contribution in [-0.2, 0) is 11.3 Å². The van der Waals surface area contributed by atoms with Crippen molar-refractivity contribution in [3.8, 4) is 0 Å². The van der Waals surface area contributed by atoms with E-state index < -0.39 is 0 Å². The second-order valence-corrected chi connectivity index (χ2v) is 7.24. The van der Waals surface area contributed by atoms with Crippen LogP contribution >= 0.6 is 0 Å². The molecule has 0 aliphatic carbocycles. The summed E-state index contributed by atoms with van der Waals surface area (Å²) in [4.78, 5) is 35.2. The molecule has 2 heterocycles. The molecule has 1 aliphatic rings. The number of amides is 2. The van der Waals surface area contributed by atoms with Crippen LogP contribution in [0.4, 0.5) is 4.79 Å². The lowest BCUT2D eigenvalue weighted by Crippen LogP contribution is -2.51. The van der Waals surface area contributed by atoms with Crippen molar-refractivity contribution in [3.05, 3.63) is 41.1 Å². The Labute approximate surface area is 165 Å². The molecule has 2 amide bonds. The van der Waals surface area contributed by atoms with E-state index in [-0.39, 0.29) is 12.0 Å². The van der Waals surface area contributed by atoms with Gasteiger partial charge in [-0.3, -0.25) is 9.88 Å². The van der Waals surface area contributed by atoms with Crippen LogP contribution < -0.4 is 0 Å². The summed E-state index contributed by atoms with van der Waals surface area (Å²) in [6, 6.07) is 7.89. The molecular formula is C21H28N4O3. The Balaban J connectivity index is 1.85. The number of nitrogens with zero attached hydrogens (tertiary/aromatic N) is 4. The van der Waals surface area contributed by atoms with Gasteiger partial charge in [0.25, 0.3) is 0 Å². The van der Waals surface area contributed by atoms with Crippen molar-refractivity contribution in [2.75, 3.05) is 46.9 Å². The van der Waals surface area contributed by atoms with Crippen molar-refractivity contribution in [1.29, 1.82) is 0 Å². The molecule has 2 aromatic rings. The summed E-state index contributed by atoms with van der Waals surface area (Å²) in [5, 5.41) is 0.968. The summed E-state index contributed by atoms with van der Waals surface area (Å²) in [5.41, 5.74) is 3.08. The van der Waals surface area contributed by atoms with E-state index in [0.29, 0.717) is 31.8 Å². The number of hydrogen-bond donors (Lipinski definition) is 0. The van der Waals surface area contributed by atoms with Gasteiger partial charge >= 0.3 is 12.0 Å². The van der Waals surface area contributed by atoms with Crippen LogP contribution in [0.15, 0.2) is 24.3 Å². The summed E-state index contributed by atoms with van der Waals surface area (Å²) in [7, 11) is 3.53. The van der Waals surface area contributed by atoms with E-state index in [4.69, 9.17) is 9.72 Å². The third-order valence-corrected chi connectivity index (χ3v) is 5.11. The number of ether oxygens (including phenoxy) is 1. The van der Waals surface area contributed by atoms with Gasteiger partial charge in [0.05, 0.1) is 23.4 Å². The zero-order valence-corrected chi connectivity index (χ0v) is 17.1. The van der Waals surface area contributed by atoms with Crippen molar-refractivity contribution >= 4 is 22.9 Å². The number of pyridine rings is 1. The van der Waals surface area contributed by atoms with E-state index in [1.54, 1.807) is 19.0 Å². The molecule has 0 saturated carbocycles. The molecule has 0 N–H and O–H groups in total. The molecule has 0 unspecified atom stereocenters. The standard InChI is InChI=1S/C21H28N4O3/c1-5-28-20(26)19-15(2)16-8-6-7-9-17(16)22-18(19)14-24-10-12-25(13-11-24)21(27)23(3)4/h6-9H,5,10-14H2,1-4H3. The number of aryl methyl sites for hydroxylation is 1. The molecule has 3 rings (SSSR count). The largest absolute Gasteiger partial charge is 0.462 e. The molecule has 1 saturated heterocycles. The SMILES string of the molecule is CCOC(=O)c1c(CN2CCN(C(=O)N(C)C)CC2)nc2ccccc2c1C. The summed E-state index contributed by atoms with van der Waals surface area (Å²) >= 11 is 0. The maximum absolute atomic E-state index is 12.6. The lowest BCUT2D eigenvalue weighted by atomic mass is 10.0. The van der Waals surface area contributed by atoms with Crippen molar-refractivity contribution in [2.45, 2.75) is 20.4 Å². The fourth-order valence-corrected chi connectivity index (χ4v) is 3.62. The average Bonchev–Trinajstić information content (AvgIpc) is 2.68. The van der Waals surface area contributed by atoms with Gasteiger partial charge in [0.1, 0.15) is 0 Å². The maximum Gasteiger partial charge on any atom is 0.340 e. The van der Waals surface area contributed by atoms with Crippen LogP contribution in [-0.4, -0.2) is 78.6 Å². The van der Waals surface area contributed by atoms with E-state index in [0.717, 1.165) is 35.2 Å². The number of carbonyl (C=O) groups is 2. The van der Waals surface area contributed by atoms with E-state index in [2.05, 4.69) is 4.90 Å². The Morgan fingerprint density at radius 2 is 1.82 bits per heavy atom. The number of hydrogen-bond acceptors (Lipinski definition) is 5. The van der Waals surface area contributed by atoms with Gasteiger partial charge in [0.15, 0.2) is 0 Å². The molecule has 28 heavy (non-hydrogen) atoms. The molecule has 150 valence electrons. The van der Waals surface area contributed by atoms with Crippen LogP contribution in [0.3, 0.4) is 0 Å². The number of aromatic nitrogens is 1. The number of fused-ring (bicyclic) bond motifs is 1. The fourth-order valence-electron chi connectivity index (χ4n) is 3.62. The molecule has 0 atom stereocenters. The van der Waals surface area contributed by atoms with Crippen molar-refractivity contribution < 1.29 is 14.3 Å². The maximum atomic E-state index is 12.6. The third-order valence-electron chi connectivity index (χ3n) is 5.11. The number of carbonyl (C=O) groups excluding carboxylic acids is 2. The molecule has 7 heteroatoms. The van der Waals surface area contributed by atoms with Crippen LogP contribution in [0.25, 0.3) is 10.9 Å². The summed E-state index contributed by atoms with van der Waals surface area (Å²) in [6.07, 6.45) is 0. The monoisotopic (exact) mass is 384 g/mol. The molecule has 0 radical (unpaired) electrons. The molecule has 7 nitrogen and oxygen atoms in total. The smallest absolute Gasteiger partial charge is 0.340 e. The number of urea groups is 1. The Morgan fingerprint density at radius 1 is 1.14 bits per heavy atom. The Bertz CT molecular complexity index is 873. The zero-order valence-electron chi connectivity index (χ0n) is 17.1. The van der Waals surface area contributed by atoms with Gasteiger partial charge in [0, 0.05) is 52.2 Å². The van der Waals surface area contributed by atoms with Crippen molar-refractivity contribution in [2.24, 2.45) is 0 Å². The summed E-state index contributed by atoms with van der Waals surface area (Å²) in [6.45, 7) is 7.47. The quantitative estimate of drug-likeness (QED) is 0.758. The zero-order chi connectivity index (χ0) is 20.3. The van der Waals surface area contributed by atoms with E-state index in [1.165, 1.54) is 0 Å². The highest BCUT2D eigenvalue weighted by molar-refractivity contribution is 5.98. The first-order valence-corrected chi connectivity index (χ1v) is 9.66. The van der Waals surface area contributed by atoms with Crippen LogP contribution in [0.5, 0.6) is 0 Å². The van der Waals surface area contributed by atoms with Gasteiger partial charge < -0.3 is 14.5 Å². The van der Waals surface area contributed by atoms with Crippen LogP contribution in [0, 0.1) is 6.92 Å². The average molecular weight is 384 g/mol. The van der Waals surface area contributed by atoms with Crippen molar-refractivity contribution in [3.63, 3.8) is 0 Å². The first kappa shape index (κ1) is 20.1. The highest BCUT2D eigenvalue weighted by atomic mass is 16.5. The minimum absolute atomic E-state index is 0.0338. The molecule has 1 aliphatic heterocycles. The predicted molar refractivity (Wildman–Crippen MR) is 108 cm³/mol. The second-order valence-electron chi connectivity index (χ2n) is 7.24. The van der Waals surface area contributed by atoms with Gasteiger partial charge in [-0.25, -0.2) is 9.59 Å². The Kier molecular flexibility index (Phi) is 6.14. The highest BCUT2D eigenvalue weighted by Crippen LogP contribution is 2.25. The van der Waals surface area contributed by atoms with Gasteiger partial charge in [-0.2, -0.15) is 0 Å². The molecule has 1 aromatic carbocycles. The molecule has 1 fully saturated rings. The van der Waals surface area contributed by atoms with E-state index >= 15 is 0 Å². The first-order valence-electron chi connectivity index (χ1n) is 9.66. The summed E-state index contributed by atoms with van der Waals surface area (Å²) in [5.74, 6) is -0.324. The Morgan fingerprint density at radius 3 is 2.46 bits per heavy atom. The molecular weight excluding hydrogens is 356 g/mol. The number of piperazine rings is 1. The van der Waals surface area contributed by atoms with Gasteiger partial charge in [-0.15, -0.1) is 0 Å². The highest BCUT2D eigenvalue weighted by Gasteiger charge is 2.25. The normalized spacial score (nSPS) is 14.9. The minimum atomic E-state index is -0.324. The minimum Gasteiger partial charge on any atom is -0.462 e. The topological polar surface area (TPSA) is 66.0 Å². The molecule has 0 spiro atoms. The van der Waals surface area contributed by atoms with Crippen LogP contribution in [0.2, 0.25) is 0 Å². The number of benzene rings is 1.